The van der Waals surface area contributed by atoms with Crippen LogP contribution in [0.4, 0.5) is 5.95 Å². The summed E-state index contributed by atoms with van der Waals surface area (Å²) in [7, 11) is 0. The number of hydrogen-bond donors (Lipinski definition) is 2. The maximum Gasteiger partial charge on any atom is 0.273 e. The number of amides is 1. The van der Waals surface area contributed by atoms with E-state index in [0.717, 1.165) is 0 Å². The number of nitrogens with two attached hydrogens (primary N) is 1. The van der Waals surface area contributed by atoms with Gasteiger partial charge in [-0.25, -0.2) is 9.97 Å². The average molecular weight is 322 g/mol. The number of aromatic nitrogens is 2. The van der Waals surface area contributed by atoms with Crippen LogP contribution >= 0.6 is 0 Å². The molecule has 1 aliphatic carbocycles. The quantitative estimate of drug-likeness (QED) is 0.874. The summed E-state index contributed by atoms with van der Waals surface area (Å²) in [6.45, 7) is 1.25. The second kappa shape index (κ2) is 5.72. The van der Waals surface area contributed by atoms with Crippen LogP contribution in [-0.4, -0.2) is 39.0 Å². The Morgan fingerprint density at radius 3 is 2.58 bits per heavy atom. The highest BCUT2D eigenvalue weighted by molar-refractivity contribution is 6.05. The Hall–Kier alpha value is -2.73. The Bertz CT molecular complexity index is 855. The van der Waals surface area contributed by atoms with Crippen LogP contribution in [0.3, 0.4) is 0 Å². The molecule has 6 heteroatoms. The third-order valence-electron chi connectivity index (χ3n) is 4.69. The molecule has 1 aliphatic heterocycles. The van der Waals surface area contributed by atoms with E-state index < -0.39 is 0 Å². The van der Waals surface area contributed by atoms with Gasteiger partial charge in [-0.15, -0.1) is 0 Å². The summed E-state index contributed by atoms with van der Waals surface area (Å²) in [6, 6.07) is 5.28. The zero-order valence-electron chi connectivity index (χ0n) is 13.1. The number of carbonyl (C=O) groups is 1. The van der Waals surface area contributed by atoms with Crippen molar-refractivity contribution in [3.05, 3.63) is 53.8 Å². The Morgan fingerprint density at radius 1 is 1.21 bits per heavy atom. The Balaban J connectivity index is 1.74. The van der Waals surface area contributed by atoms with Gasteiger partial charge < -0.3 is 15.7 Å². The lowest BCUT2D eigenvalue weighted by Gasteiger charge is -2.17. The van der Waals surface area contributed by atoms with Crippen molar-refractivity contribution < 1.29 is 9.90 Å². The van der Waals surface area contributed by atoms with Gasteiger partial charge in [-0.2, -0.15) is 0 Å². The third kappa shape index (κ3) is 2.45. The van der Waals surface area contributed by atoms with Crippen LogP contribution in [0.5, 0.6) is 0 Å². The normalized spacial score (nSPS) is 22.1. The summed E-state index contributed by atoms with van der Waals surface area (Å²) < 4.78 is 0. The van der Waals surface area contributed by atoms with Crippen molar-refractivity contribution >= 4 is 22.8 Å². The van der Waals surface area contributed by atoms with Crippen molar-refractivity contribution in [3.63, 3.8) is 0 Å². The van der Waals surface area contributed by atoms with Gasteiger partial charge in [0.1, 0.15) is 5.69 Å². The van der Waals surface area contributed by atoms with Gasteiger partial charge in [0.15, 0.2) is 0 Å². The molecule has 0 spiro atoms. The van der Waals surface area contributed by atoms with Gasteiger partial charge in [0.05, 0.1) is 12.1 Å². The van der Waals surface area contributed by atoms with Crippen molar-refractivity contribution in [2.24, 2.45) is 11.8 Å². The fourth-order valence-corrected chi connectivity index (χ4v) is 3.45. The van der Waals surface area contributed by atoms with E-state index in [4.69, 9.17) is 5.73 Å². The minimum atomic E-state index is -0.139. The van der Waals surface area contributed by atoms with E-state index in [1.807, 2.05) is 17.1 Å². The van der Waals surface area contributed by atoms with Crippen LogP contribution in [-0.2, 0) is 6.61 Å². The fraction of sp³-hybridized carbons (Fsp3) is 0.278. The number of likely N-dealkylation sites (tertiary alicyclic amines) is 1. The molecule has 0 bridgehead atoms. The number of carbonyl (C=O) groups excluding carboxylic acids is 1. The first kappa shape index (κ1) is 14.8. The molecular weight excluding hydrogens is 304 g/mol. The number of hydrogen-bond acceptors (Lipinski definition) is 5. The minimum absolute atomic E-state index is 0.0824. The molecule has 6 nitrogen and oxygen atoms in total. The molecule has 2 heterocycles. The summed E-state index contributed by atoms with van der Waals surface area (Å²) in [5.41, 5.74) is 7.41. The smallest absolute Gasteiger partial charge is 0.273 e. The van der Waals surface area contributed by atoms with Crippen LogP contribution in [0.1, 0.15) is 16.1 Å². The second-order valence-electron chi connectivity index (χ2n) is 6.25. The van der Waals surface area contributed by atoms with Crippen molar-refractivity contribution in [3.8, 4) is 0 Å². The fourth-order valence-electron chi connectivity index (χ4n) is 3.45. The molecule has 1 fully saturated rings. The molecule has 3 N–H and O–H groups in total. The van der Waals surface area contributed by atoms with Gasteiger partial charge in [-0.3, -0.25) is 4.79 Å². The molecule has 24 heavy (non-hydrogen) atoms. The molecule has 1 aromatic carbocycles. The monoisotopic (exact) mass is 322 g/mol. The molecular formula is C18H18N4O2. The number of nitrogens with zero attached hydrogens (tertiary/aromatic N) is 3. The van der Waals surface area contributed by atoms with E-state index in [-0.39, 0.29) is 18.5 Å². The molecule has 2 aliphatic rings. The van der Waals surface area contributed by atoms with Crippen molar-refractivity contribution in [1.29, 1.82) is 0 Å². The first-order valence-corrected chi connectivity index (χ1v) is 7.97. The molecule has 122 valence electrons. The van der Waals surface area contributed by atoms with Gasteiger partial charge in [0.25, 0.3) is 5.91 Å². The molecule has 4 rings (SSSR count). The number of aliphatic hydroxyl groups excluding tert-OH is 1. The van der Waals surface area contributed by atoms with Gasteiger partial charge in [-0.1, -0.05) is 30.4 Å². The highest BCUT2D eigenvalue weighted by Crippen LogP contribution is 2.30. The van der Waals surface area contributed by atoms with E-state index in [1.165, 1.54) is 0 Å². The predicted molar refractivity (Wildman–Crippen MR) is 91.0 cm³/mol. The minimum Gasteiger partial charge on any atom is -0.392 e. The number of nitrogen functional groups attached to an aromatic ring is 1. The van der Waals surface area contributed by atoms with Crippen LogP contribution in [0.2, 0.25) is 0 Å². The van der Waals surface area contributed by atoms with Gasteiger partial charge >= 0.3 is 0 Å². The standard InChI is InChI=1S/C18H18N4O2/c19-18-20-15-6-5-11(10-23)7-14(15)16(21-18)17(24)22-8-12-3-1-2-4-13(12)9-22/h1-7,12-13,23H,8-10H2,(H2,19,20,21). The SMILES string of the molecule is Nc1nc(C(=O)N2CC3C=CC=CC3C2)c2cc(CO)ccc2n1. The zero-order chi connectivity index (χ0) is 16.7. The lowest BCUT2D eigenvalue weighted by Crippen LogP contribution is -2.30. The lowest BCUT2D eigenvalue weighted by atomic mass is 9.92. The van der Waals surface area contributed by atoms with Crippen molar-refractivity contribution in [1.82, 2.24) is 14.9 Å². The molecule has 1 saturated heterocycles. The lowest BCUT2D eigenvalue weighted by molar-refractivity contribution is 0.0783. The second-order valence-corrected chi connectivity index (χ2v) is 6.25. The molecule has 2 atom stereocenters. The van der Waals surface area contributed by atoms with Gasteiger partial charge in [-0.05, 0) is 17.7 Å². The van der Waals surface area contributed by atoms with E-state index >= 15 is 0 Å². The summed E-state index contributed by atoms with van der Waals surface area (Å²) in [4.78, 5) is 23.2. The van der Waals surface area contributed by atoms with E-state index in [2.05, 4.69) is 22.1 Å². The molecule has 0 radical (unpaired) electrons. The Morgan fingerprint density at radius 2 is 1.92 bits per heavy atom. The van der Waals surface area contributed by atoms with E-state index in [9.17, 15) is 9.90 Å². The number of rotatable bonds is 2. The maximum absolute atomic E-state index is 13.0. The molecule has 1 aromatic heterocycles. The van der Waals surface area contributed by atoms with Crippen molar-refractivity contribution in [2.75, 3.05) is 18.8 Å². The van der Waals surface area contributed by atoms with Crippen LogP contribution in [0.15, 0.2) is 42.5 Å². The first-order chi connectivity index (χ1) is 11.7. The van der Waals surface area contributed by atoms with Crippen molar-refractivity contribution in [2.45, 2.75) is 6.61 Å². The van der Waals surface area contributed by atoms with E-state index in [0.29, 0.717) is 47.1 Å². The van der Waals surface area contributed by atoms with Gasteiger partial charge in [0.2, 0.25) is 5.95 Å². The number of aliphatic hydroxyl groups is 1. The topological polar surface area (TPSA) is 92.3 Å². The van der Waals surface area contributed by atoms with Gasteiger partial charge in [0, 0.05) is 30.3 Å². The average Bonchev–Trinajstić information content (AvgIpc) is 3.04. The zero-order valence-corrected chi connectivity index (χ0v) is 13.1. The molecule has 2 aromatic rings. The summed E-state index contributed by atoms with van der Waals surface area (Å²) in [6.07, 6.45) is 8.35. The summed E-state index contributed by atoms with van der Waals surface area (Å²) >= 11 is 0. The Kier molecular flexibility index (Phi) is 3.54. The Labute approximate surface area is 139 Å². The first-order valence-electron chi connectivity index (χ1n) is 7.97. The van der Waals surface area contributed by atoms with Crippen LogP contribution < -0.4 is 5.73 Å². The molecule has 2 unspecified atom stereocenters. The highest BCUT2D eigenvalue weighted by atomic mass is 16.3. The third-order valence-corrected chi connectivity index (χ3v) is 4.69. The predicted octanol–water partition coefficient (Wildman–Crippen LogP) is 1.52. The van der Waals surface area contributed by atoms with Crippen LogP contribution in [0.25, 0.3) is 10.9 Å². The summed E-state index contributed by atoms with van der Waals surface area (Å²) in [5.74, 6) is 0.661. The highest BCUT2D eigenvalue weighted by Gasteiger charge is 2.34. The van der Waals surface area contributed by atoms with Crippen LogP contribution in [0, 0.1) is 11.8 Å². The maximum atomic E-state index is 13.0. The largest absolute Gasteiger partial charge is 0.392 e. The summed E-state index contributed by atoms with van der Waals surface area (Å²) in [5, 5.41) is 9.98. The number of fused-ring (bicyclic) bond motifs is 2. The molecule has 0 saturated carbocycles. The number of allylic oxidation sites excluding steroid dienone is 2. The number of anilines is 1. The van der Waals surface area contributed by atoms with E-state index in [1.54, 1.807) is 18.2 Å². The molecule has 1 amide bonds. The number of benzene rings is 1.